The summed E-state index contributed by atoms with van der Waals surface area (Å²) in [5.41, 5.74) is 2.12. The van der Waals surface area contributed by atoms with E-state index in [1.165, 1.54) is 25.5 Å². The molecule has 0 spiro atoms. The quantitative estimate of drug-likeness (QED) is 0.610. The molecule has 4 nitrogen and oxygen atoms in total. The second-order valence-electron chi connectivity index (χ2n) is 5.24. The standard InChI is InChI=1S/C15H23N3O/c16-8-3-2-6-14-13(7-9-17-15(14)19)12-18-10-4-1-5-11-18/h7-9,16H,1-6,10-12H2,(H,17,19). The first-order valence-corrected chi connectivity index (χ1v) is 7.22. The maximum absolute atomic E-state index is 11.9. The molecule has 4 heteroatoms. The van der Waals surface area contributed by atoms with E-state index in [0.717, 1.165) is 50.0 Å². The normalized spacial score (nSPS) is 16.4. The molecule has 1 saturated heterocycles. The molecular weight excluding hydrogens is 238 g/mol. The fourth-order valence-electron chi connectivity index (χ4n) is 2.71. The van der Waals surface area contributed by atoms with Crippen molar-refractivity contribution in [1.82, 2.24) is 9.88 Å². The van der Waals surface area contributed by atoms with Crippen molar-refractivity contribution in [3.63, 3.8) is 0 Å². The number of aromatic amines is 1. The van der Waals surface area contributed by atoms with Crippen molar-refractivity contribution in [3.05, 3.63) is 33.7 Å². The second-order valence-corrected chi connectivity index (χ2v) is 5.24. The van der Waals surface area contributed by atoms with Crippen LogP contribution in [0.5, 0.6) is 0 Å². The van der Waals surface area contributed by atoms with Crippen LogP contribution in [0.2, 0.25) is 0 Å². The number of unbranched alkanes of at least 4 members (excludes halogenated alkanes) is 1. The average molecular weight is 261 g/mol. The second kappa shape index (κ2) is 7.24. The van der Waals surface area contributed by atoms with E-state index in [-0.39, 0.29) is 5.56 Å². The van der Waals surface area contributed by atoms with E-state index in [0.29, 0.717) is 0 Å². The predicted molar refractivity (Wildman–Crippen MR) is 77.9 cm³/mol. The molecule has 1 aromatic heterocycles. The Kier molecular flexibility index (Phi) is 5.33. The van der Waals surface area contributed by atoms with Gasteiger partial charge in [0.05, 0.1) is 0 Å². The van der Waals surface area contributed by atoms with E-state index in [1.54, 1.807) is 6.20 Å². The molecule has 0 radical (unpaired) electrons. The lowest BCUT2D eigenvalue weighted by Gasteiger charge is -2.27. The Morgan fingerprint density at radius 3 is 2.84 bits per heavy atom. The number of piperidine rings is 1. The van der Waals surface area contributed by atoms with E-state index in [9.17, 15) is 4.79 Å². The lowest BCUT2D eigenvalue weighted by atomic mass is 10.0. The van der Waals surface area contributed by atoms with Crippen molar-refractivity contribution in [2.75, 3.05) is 13.1 Å². The van der Waals surface area contributed by atoms with Crippen molar-refractivity contribution in [2.45, 2.75) is 45.1 Å². The van der Waals surface area contributed by atoms with E-state index < -0.39 is 0 Å². The molecule has 0 saturated carbocycles. The zero-order valence-electron chi connectivity index (χ0n) is 11.5. The smallest absolute Gasteiger partial charge is 0.251 e. The van der Waals surface area contributed by atoms with Gasteiger partial charge in [-0.3, -0.25) is 9.69 Å². The third-order valence-electron chi connectivity index (χ3n) is 3.78. The van der Waals surface area contributed by atoms with E-state index in [2.05, 4.69) is 9.88 Å². The van der Waals surface area contributed by atoms with Gasteiger partial charge in [-0.15, -0.1) is 0 Å². The first kappa shape index (κ1) is 14.0. The minimum absolute atomic E-state index is 0.0412. The van der Waals surface area contributed by atoms with Crippen molar-refractivity contribution in [3.8, 4) is 0 Å². The highest BCUT2D eigenvalue weighted by atomic mass is 16.1. The largest absolute Gasteiger partial charge is 0.329 e. The Hall–Kier alpha value is -1.42. The fourth-order valence-corrected chi connectivity index (χ4v) is 2.71. The van der Waals surface area contributed by atoms with Crippen LogP contribution in [0.15, 0.2) is 17.1 Å². The Morgan fingerprint density at radius 1 is 1.32 bits per heavy atom. The molecule has 2 rings (SSSR count). The molecule has 2 N–H and O–H groups in total. The van der Waals surface area contributed by atoms with Crippen LogP contribution in [-0.4, -0.2) is 29.2 Å². The van der Waals surface area contributed by atoms with Crippen LogP contribution in [0.25, 0.3) is 0 Å². The van der Waals surface area contributed by atoms with Gasteiger partial charge in [-0.25, -0.2) is 0 Å². The van der Waals surface area contributed by atoms with E-state index in [4.69, 9.17) is 5.41 Å². The summed E-state index contributed by atoms with van der Waals surface area (Å²) in [7, 11) is 0. The summed E-state index contributed by atoms with van der Waals surface area (Å²) in [5, 5.41) is 7.06. The highest BCUT2D eigenvalue weighted by molar-refractivity contribution is 5.52. The average Bonchev–Trinajstić information content (AvgIpc) is 2.43. The number of likely N-dealkylation sites (tertiary alicyclic amines) is 1. The summed E-state index contributed by atoms with van der Waals surface area (Å²) in [4.78, 5) is 17.2. The Morgan fingerprint density at radius 2 is 2.11 bits per heavy atom. The summed E-state index contributed by atoms with van der Waals surface area (Å²) in [6, 6.07) is 2.04. The summed E-state index contributed by atoms with van der Waals surface area (Å²) in [6.07, 6.45) is 9.44. The summed E-state index contributed by atoms with van der Waals surface area (Å²) in [6.45, 7) is 3.18. The number of hydrogen-bond donors (Lipinski definition) is 2. The maximum atomic E-state index is 11.9. The van der Waals surface area contributed by atoms with Crippen LogP contribution in [0.1, 0.15) is 43.2 Å². The van der Waals surface area contributed by atoms with Gasteiger partial charge in [0, 0.05) is 18.3 Å². The predicted octanol–water partition coefficient (Wildman–Crippen LogP) is 2.33. The molecule has 0 aliphatic carbocycles. The summed E-state index contributed by atoms with van der Waals surface area (Å²) < 4.78 is 0. The van der Waals surface area contributed by atoms with Gasteiger partial charge in [0.15, 0.2) is 0 Å². The van der Waals surface area contributed by atoms with E-state index >= 15 is 0 Å². The number of aromatic nitrogens is 1. The molecule has 104 valence electrons. The summed E-state index contributed by atoms with van der Waals surface area (Å²) >= 11 is 0. The van der Waals surface area contributed by atoms with Crippen molar-refractivity contribution in [1.29, 1.82) is 5.41 Å². The zero-order chi connectivity index (χ0) is 13.5. The number of rotatable bonds is 6. The number of hydrogen-bond acceptors (Lipinski definition) is 3. The monoisotopic (exact) mass is 261 g/mol. The van der Waals surface area contributed by atoms with Crippen molar-refractivity contribution in [2.24, 2.45) is 0 Å². The van der Waals surface area contributed by atoms with Crippen LogP contribution in [-0.2, 0) is 13.0 Å². The molecule has 0 amide bonds. The first-order chi connectivity index (χ1) is 9.31. The Bertz CT molecular complexity index is 461. The molecule has 1 aliphatic heterocycles. The minimum atomic E-state index is 0.0412. The third kappa shape index (κ3) is 4.03. The molecule has 1 aromatic rings. The van der Waals surface area contributed by atoms with Crippen LogP contribution >= 0.6 is 0 Å². The van der Waals surface area contributed by atoms with Gasteiger partial charge in [-0.05, 0) is 63.0 Å². The Labute approximate surface area is 114 Å². The molecule has 1 fully saturated rings. The van der Waals surface area contributed by atoms with Gasteiger partial charge >= 0.3 is 0 Å². The highest BCUT2D eigenvalue weighted by Gasteiger charge is 2.13. The minimum Gasteiger partial charge on any atom is -0.329 e. The summed E-state index contributed by atoms with van der Waals surface area (Å²) in [5.74, 6) is 0. The number of nitrogens with one attached hydrogen (secondary N) is 2. The third-order valence-corrected chi connectivity index (χ3v) is 3.78. The van der Waals surface area contributed by atoms with Gasteiger partial charge in [-0.2, -0.15) is 0 Å². The molecule has 0 bridgehead atoms. The van der Waals surface area contributed by atoms with Gasteiger partial charge in [-0.1, -0.05) is 6.42 Å². The SMILES string of the molecule is N=CCCCc1c(CN2CCCCC2)cc[nH]c1=O. The van der Waals surface area contributed by atoms with Crippen LogP contribution in [0, 0.1) is 5.41 Å². The molecule has 0 atom stereocenters. The number of nitrogens with zero attached hydrogens (tertiary/aromatic N) is 1. The van der Waals surface area contributed by atoms with Crippen LogP contribution in [0.3, 0.4) is 0 Å². The van der Waals surface area contributed by atoms with Gasteiger partial charge in [0.2, 0.25) is 0 Å². The number of H-pyrrole nitrogens is 1. The lowest BCUT2D eigenvalue weighted by molar-refractivity contribution is 0.220. The molecule has 19 heavy (non-hydrogen) atoms. The van der Waals surface area contributed by atoms with Gasteiger partial charge < -0.3 is 10.4 Å². The fraction of sp³-hybridized carbons (Fsp3) is 0.600. The van der Waals surface area contributed by atoms with Crippen LogP contribution in [0.4, 0.5) is 0 Å². The van der Waals surface area contributed by atoms with E-state index in [1.807, 2.05) is 6.07 Å². The zero-order valence-corrected chi connectivity index (χ0v) is 11.5. The Balaban J connectivity index is 2.07. The van der Waals surface area contributed by atoms with Crippen molar-refractivity contribution < 1.29 is 0 Å². The number of pyridine rings is 1. The van der Waals surface area contributed by atoms with Crippen LogP contribution < -0.4 is 5.56 Å². The topological polar surface area (TPSA) is 60.0 Å². The lowest BCUT2D eigenvalue weighted by Crippen LogP contribution is -2.30. The molecule has 2 heterocycles. The maximum Gasteiger partial charge on any atom is 0.251 e. The molecule has 0 unspecified atom stereocenters. The molecule has 1 aliphatic rings. The molecule has 0 aromatic carbocycles. The molecular formula is C15H23N3O. The highest BCUT2D eigenvalue weighted by Crippen LogP contribution is 2.15. The van der Waals surface area contributed by atoms with Gasteiger partial charge in [0.25, 0.3) is 5.56 Å². The van der Waals surface area contributed by atoms with Gasteiger partial charge in [0.1, 0.15) is 0 Å². The van der Waals surface area contributed by atoms with Crippen molar-refractivity contribution >= 4 is 6.21 Å². The first-order valence-electron chi connectivity index (χ1n) is 7.22.